The smallest absolute Gasteiger partial charge is 0.238 e. The van der Waals surface area contributed by atoms with Gasteiger partial charge in [-0.25, -0.2) is 4.68 Å². The molecule has 0 unspecified atom stereocenters. The van der Waals surface area contributed by atoms with E-state index in [9.17, 15) is 4.79 Å². The van der Waals surface area contributed by atoms with Crippen LogP contribution in [0.5, 0.6) is 0 Å². The van der Waals surface area contributed by atoms with Crippen molar-refractivity contribution < 1.29 is 4.79 Å². The first kappa shape index (κ1) is 18.2. The largest absolute Gasteiger partial charge is 0.310 e. The zero-order valence-corrected chi connectivity index (χ0v) is 17.1. The molecule has 9 heteroatoms. The molecule has 1 aliphatic rings. The normalized spacial score (nSPS) is 15.3. The van der Waals surface area contributed by atoms with E-state index in [1.807, 2.05) is 38.3 Å². The van der Waals surface area contributed by atoms with Crippen LogP contribution < -0.4 is 5.32 Å². The van der Waals surface area contributed by atoms with E-state index in [1.165, 1.54) is 11.8 Å². The fourth-order valence-corrected chi connectivity index (χ4v) is 4.48. The first-order valence-electron chi connectivity index (χ1n) is 9.04. The molecule has 3 heterocycles. The summed E-state index contributed by atoms with van der Waals surface area (Å²) in [6.45, 7) is 5.96. The highest BCUT2D eigenvalue weighted by molar-refractivity contribution is 8.00. The molecular formula is C18H22N6OS2. The Labute approximate surface area is 166 Å². The van der Waals surface area contributed by atoms with Gasteiger partial charge in [0.25, 0.3) is 0 Å². The molecule has 27 heavy (non-hydrogen) atoms. The summed E-state index contributed by atoms with van der Waals surface area (Å²) in [7, 11) is 0. The van der Waals surface area contributed by atoms with Crippen molar-refractivity contribution in [3.63, 3.8) is 0 Å². The summed E-state index contributed by atoms with van der Waals surface area (Å²) in [5.74, 6) is 1.55. The van der Waals surface area contributed by atoms with Crippen LogP contribution in [0.3, 0.4) is 0 Å². The SMILES string of the molecule is CC(C)n1nccc1NC(=O)[C@H](C)Sc1nnc(-c2cccs2)n1C1CC1. The number of thiophene rings is 1. The maximum absolute atomic E-state index is 12.7. The van der Waals surface area contributed by atoms with Crippen molar-refractivity contribution in [3.05, 3.63) is 29.8 Å². The van der Waals surface area contributed by atoms with E-state index in [-0.39, 0.29) is 17.2 Å². The van der Waals surface area contributed by atoms with Crippen molar-refractivity contribution in [2.45, 2.75) is 56.1 Å². The highest BCUT2D eigenvalue weighted by atomic mass is 32.2. The van der Waals surface area contributed by atoms with Gasteiger partial charge in [-0.15, -0.1) is 21.5 Å². The molecule has 1 saturated carbocycles. The number of amides is 1. The number of aromatic nitrogens is 5. The molecule has 3 aromatic heterocycles. The fourth-order valence-electron chi connectivity index (χ4n) is 2.86. The van der Waals surface area contributed by atoms with E-state index >= 15 is 0 Å². The number of thioether (sulfide) groups is 1. The van der Waals surface area contributed by atoms with Gasteiger partial charge >= 0.3 is 0 Å². The molecule has 0 spiro atoms. The van der Waals surface area contributed by atoms with Crippen molar-refractivity contribution in [2.24, 2.45) is 0 Å². The van der Waals surface area contributed by atoms with Crippen LogP contribution in [-0.2, 0) is 4.79 Å². The Morgan fingerprint density at radius 3 is 2.78 bits per heavy atom. The molecule has 1 amide bonds. The van der Waals surface area contributed by atoms with Gasteiger partial charge in [0.1, 0.15) is 5.82 Å². The van der Waals surface area contributed by atoms with Gasteiger partial charge < -0.3 is 5.32 Å². The summed E-state index contributed by atoms with van der Waals surface area (Å²) in [4.78, 5) is 13.8. The summed E-state index contributed by atoms with van der Waals surface area (Å²) in [6.07, 6.45) is 3.97. The van der Waals surface area contributed by atoms with Gasteiger partial charge in [-0.1, -0.05) is 17.8 Å². The summed E-state index contributed by atoms with van der Waals surface area (Å²) >= 11 is 3.11. The van der Waals surface area contributed by atoms with Crippen LogP contribution in [0.4, 0.5) is 5.82 Å². The van der Waals surface area contributed by atoms with Crippen molar-refractivity contribution in [1.29, 1.82) is 0 Å². The first-order chi connectivity index (χ1) is 13.0. The monoisotopic (exact) mass is 402 g/mol. The third-order valence-electron chi connectivity index (χ3n) is 4.38. The molecule has 142 valence electrons. The summed E-state index contributed by atoms with van der Waals surface area (Å²) < 4.78 is 4.00. The van der Waals surface area contributed by atoms with Crippen LogP contribution in [-0.4, -0.2) is 35.7 Å². The van der Waals surface area contributed by atoms with Gasteiger partial charge in [-0.3, -0.25) is 9.36 Å². The van der Waals surface area contributed by atoms with Gasteiger partial charge in [-0.2, -0.15) is 5.10 Å². The fraction of sp³-hybridized carbons (Fsp3) is 0.444. The molecule has 7 nitrogen and oxygen atoms in total. The highest BCUT2D eigenvalue weighted by Crippen LogP contribution is 2.42. The second-order valence-corrected chi connectivity index (χ2v) is 9.14. The molecule has 0 saturated heterocycles. The van der Waals surface area contributed by atoms with Crippen molar-refractivity contribution in [1.82, 2.24) is 24.5 Å². The maximum Gasteiger partial charge on any atom is 0.238 e. The van der Waals surface area contributed by atoms with Crippen molar-refractivity contribution >= 4 is 34.8 Å². The van der Waals surface area contributed by atoms with Gasteiger partial charge in [0, 0.05) is 18.2 Å². The van der Waals surface area contributed by atoms with Crippen molar-refractivity contribution in [2.75, 3.05) is 5.32 Å². The van der Waals surface area contributed by atoms with E-state index in [4.69, 9.17) is 0 Å². The topological polar surface area (TPSA) is 77.6 Å². The Balaban J connectivity index is 1.50. The van der Waals surface area contributed by atoms with Crippen LogP contribution in [0, 0.1) is 0 Å². The van der Waals surface area contributed by atoms with Crippen LogP contribution in [0.15, 0.2) is 34.9 Å². The second-order valence-electron chi connectivity index (χ2n) is 6.89. The van der Waals surface area contributed by atoms with Gasteiger partial charge in [0.05, 0.1) is 16.3 Å². The third kappa shape index (κ3) is 3.79. The zero-order valence-electron chi connectivity index (χ0n) is 15.5. The molecule has 1 N–H and O–H groups in total. The molecule has 4 rings (SSSR count). The predicted molar refractivity (Wildman–Crippen MR) is 108 cm³/mol. The van der Waals surface area contributed by atoms with Gasteiger partial charge in [0.15, 0.2) is 11.0 Å². The zero-order chi connectivity index (χ0) is 19.0. The van der Waals surface area contributed by atoms with E-state index in [1.54, 1.807) is 22.2 Å². The number of carbonyl (C=O) groups excluding carboxylic acids is 1. The average Bonchev–Trinajstić information content (AvgIpc) is 3.06. The minimum Gasteiger partial charge on any atom is -0.310 e. The third-order valence-corrected chi connectivity index (χ3v) is 6.30. The Hall–Kier alpha value is -2.13. The molecule has 0 aliphatic heterocycles. The Kier molecular flexibility index (Phi) is 5.05. The Morgan fingerprint density at radius 1 is 1.30 bits per heavy atom. The van der Waals surface area contributed by atoms with Gasteiger partial charge in [0.2, 0.25) is 5.91 Å². The van der Waals surface area contributed by atoms with Crippen LogP contribution >= 0.6 is 23.1 Å². The first-order valence-corrected chi connectivity index (χ1v) is 10.8. The number of carbonyl (C=O) groups is 1. The summed E-state index contributed by atoms with van der Waals surface area (Å²) in [5, 5.41) is 18.6. The molecule has 0 bridgehead atoms. The quantitative estimate of drug-likeness (QED) is 0.598. The summed E-state index contributed by atoms with van der Waals surface area (Å²) in [5.41, 5.74) is 0. The Bertz CT molecular complexity index is 926. The van der Waals surface area contributed by atoms with E-state index in [0.29, 0.717) is 11.9 Å². The van der Waals surface area contributed by atoms with Crippen molar-refractivity contribution in [3.8, 4) is 10.7 Å². The number of rotatable bonds is 7. The maximum atomic E-state index is 12.7. The number of nitrogens with zero attached hydrogens (tertiary/aromatic N) is 5. The molecule has 1 aliphatic carbocycles. The molecule has 1 atom stereocenters. The van der Waals surface area contributed by atoms with Crippen LogP contribution in [0.2, 0.25) is 0 Å². The lowest BCUT2D eigenvalue weighted by molar-refractivity contribution is -0.115. The second kappa shape index (κ2) is 7.47. The van der Waals surface area contributed by atoms with E-state index in [2.05, 4.69) is 31.2 Å². The molecular weight excluding hydrogens is 380 g/mol. The summed E-state index contributed by atoms with van der Waals surface area (Å²) in [6, 6.07) is 6.52. The number of nitrogens with one attached hydrogen (secondary N) is 1. The van der Waals surface area contributed by atoms with Gasteiger partial charge in [-0.05, 0) is 45.1 Å². The van der Waals surface area contributed by atoms with Crippen LogP contribution in [0.25, 0.3) is 10.7 Å². The molecule has 0 aromatic carbocycles. The average molecular weight is 403 g/mol. The van der Waals surface area contributed by atoms with E-state index < -0.39 is 0 Å². The molecule has 1 fully saturated rings. The number of anilines is 1. The minimum atomic E-state index is -0.293. The molecule has 0 radical (unpaired) electrons. The minimum absolute atomic E-state index is 0.0644. The van der Waals surface area contributed by atoms with Crippen LogP contribution in [0.1, 0.15) is 45.7 Å². The number of hydrogen-bond donors (Lipinski definition) is 1. The molecule has 3 aromatic rings. The highest BCUT2D eigenvalue weighted by Gasteiger charge is 2.31. The van der Waals surface area contributed by atoms with E-state index in [0.717, 1.165) is 28.7 Å². The lowest BCUT2D eigenvalue weighted by atomic mass is 10.4. The Morgan fingerprint density at radius 2 is 2.11 bits per heavy atom. The lowest BCUT2D eigenvalue weighted by Gasteiger charge is -2.15. The lowest BCUT2D eigenvalue weighted by Crippen LogP contribution is -2.25. The number of hydrogen-bond acceptors (Lipinski definition) is 6. The standard InChI is InChI=1S/C18H22N6OS2/c1-11(2)24-15(8-9-19-24)20-17(25)12(3)27-18-22-21-16(14-5-4-10-26-14)23(18)13-6-7-13/h4-5,8-13H,6-7H2,1-3H3,(H,20,25)/t12-/m0/s1. The predicted octanol–water partition coefficient (Wildman–Crippen LogP) is 4.24.